The van der Waals surface area contributed by atoms with Crippen LogP contribution < -0.4 is 5.32 Å². The van der Waals surface area contributed by atoms with E-state index < -0.39 is 10.0 Å². The lowest BCUT2D eigenvalue weighted by molar-refractivity contribution is 0.286. The zero-order valence-corrected chi connectivity index (χ0v) is 17.0. The minimum absolute atomic E-state index is 0.0745. The van der Waals surface area contributed by atoms with Crippen molar-refractivity contribution in [1.82, 2.24) is 19.8 Å². The van der Waals surface area contributed by atoms with Gasteiger partial charge in [-0.05, 0) is 45.0 Å². The quantitative estimate of drug-likeness (QED) is 0.779. The number of benzene rings is 1. The molecule has 2 aromatic rings. The van der Waals surface area contributed by atoms with E-state index in [0.29, 0.717) is 23.7 Å². The molecule has 0 radical (unpaired) electrons. The summed E-state index contributed by atoms with van der Waals surface area (Å²) in [5, 5.41) is 7.12. The largest absolute Gasteiger partial charge is 0.334 e. The second-order valence-electron chi connectivity index (χ2n) is 7.25. The van der Waals surface area contributed by atoms with Crippen LogP contribution in [0.4, 0.5) is 0 Å². The summed E-state index contributed by atoms with van der Waals surface area (Å²) >= 11 is 0. The first-order valence-electron chi connectivity index (χ1n) is 9.50. The van der Waals surface area contributed by atoms with Crippen LogP contribution in [0.5, 0.6) is 0 Å². The van der Waals surface area contributed by atoms with Gasteiger partial charge in [-0.1, -0.05) is 30.5 Å². The predicted octanol–water partition coefficient (Wildman–Crippen LogP) is 2.84. The highest BCUT2D eigenvalue weighted by molar-refractivity contribution is 7.89. The number of likely N-dealkylation sites (N-methyl/N-ethyl adjacent to an activating group) is 1. The van der Waals surface area contributed by atoms with E-state index in [9.17, 15) is 8.42 Å². The molecule has 1 aliphatic carbocycles. The van der Waals surface area contributed by atoms with E-state index in [1.54, 1.807) is 31.3 Å². The standard InChI is InChI=1S/C19H28N4O3S/c1-14(20-2)12-18-21-19(26-22-18)15-8-7-11-17(13-15)27(24,25)23(3)16-9-5-4-6-10-16/h7-8,11,13-14,16,20H,4-6,9-10,12H2,1-3H3. The molecule has 1 atom stereocenters. The molecule has 0 saturated heterocycles. The number of aromatic nitrogens is 2. The van der Waals surface area contributed by atoms with Gasteiger partial charge < -0.3 is 9.84 Å². The van der Waals surface area contributed by atoms with Crippen molar-refractivity contribution in [2.75, 3.05) is 14.1 Å². The highest BCUT2D eigenvalue weighted by Gasteiger charge is 2.29. The Labute approximate surface area is 161 Å². The van der Waals surface area contributed by atoms with Crippen molar-refractivity contribution < 1.29 is 12.9 Å². The van der Waals surface area contributed by atoms with Crippen molar-refractivity contribution in [2.45, 2.75) is 62.4 Å². The molecule has 0 aliphatic heterocycles. The van der Waals surface area contributed by atoms with Gasteiger partial charge in [0.1, 0.15) is 0 Å². The smallest absolute Gasteiger partial charge is 0.257 e. The summed E-state index contributed by atoms with van der Waals surface area (Å²) in [6.07, 6.45) is 5.84. The Morgan fingerprint density at radius 1 is 1.30 bits per heavy atom. The summed E-state index contributed by atoms with van der Waals surface area (Å²) in [5.74, 6) is 0.935. The summed E-state index contributed by atoms with van der Waals surface area (Å²) < 4.78 is 33.0. The second-order valence-corrected chi connectivity index (χ2v) is 9.25. The fourth-order valence-corrected chi connectivity index (χ4v) is 4.89. The van der Waals surface area contributed by atoms with E-state index in [-0.39, 0.29) is 17.0 Å². The molecule has 1 aromatic carbocycles. The van der Waals surface area contributed by atoms with E-state index >= 15 is 0 Å². The van der Waals surface area contributed by atoms with E-state index in [1.165, 1.54) is 10.7 Å². The molecular formula is C19H28N4O3S. The highest BCUT2D eigenvalue weighted by atomic mass is 32.2. The van der Waals surface area contributed by atoms with Gasteiger partial charge in [-0.2, -0.15) is 9.29 Å². The first kappa shape index (κ1) is 20.0. The third-order valence-corrected chi connectivity index (χ3v) is 7.20. The maximum absolute atomic E-state index is 13.1. The number of rotatable bonds is 7. The van der Waals surface area contributed by atoms with Crippen LogP contribution >= 0.6 is 0 Å². The molecule has 1 heterocycles. The van der Waals surface area contributed by atoms with E-state index in [0.717, 1.165) is 25.7 Å². The third-order valence-electron chi connectivity index (χ3n) is 5.30. The zero-order chi connectivity index (χ0) is 19.4. The van der Waals surface area contributed by atoms with Crippen molar-refractivity contribution in [3.8, 4) is 11.5 Å². The molecule has 27 heavy (non-hydrogen) atoms. The average molecular weight is 393 g/mol. The van der Waals surface area contributed by atoms with Crippen molar-refractivity contribution >= 4 is 10.0 Å². The molecule has 8 heteroatoms. The Bertz CT molecular complexity index is 859. The van der Waals surface area contributed by atoms with Crippen LogP contribution in [-0.4, -0.2) is 49.0 Å². The van der Waals surface area contributed by atoms with Crippen LogP contribution in [0.3, 0.4) is 0 Å². The van der Waals surface area contributed by atoms with Crippen molar-refractivity contribution in [2.24, 2.45) is 0 Å². The molecule has 0 spiro atoms. The van der Waals surface area contributed by atoms with E-state index in [1.807, 2.05) is 14.0 Å². The summed E-state index contributed by atoms with van der Waals surface area (Å²) in [6, 6.07) is 7.05. The highest BCUT2D eigenvalue weighted by Crippen LogP contribution is 2.28. The Balaban J connectivity index is 1.82. The van der Waals surface area contributed by atoms with Crippen molar-refractivity contribution in [3.05, 3.63) is 30.1 Å². The van der Waals surface area contributed by atoms with Gasteiger partial charge in [0.05, 0.1) is 4.90 Å². The Morgan fingerprint density at radius 3 is 2.74 bits per heavy atom. The second kappa shape index (κ2) is 8.50. The number of sulfonamides is 1. The van der Waals surface area contributed by atoms with Crippen molar-refractivity contribution in [1.29, 1.82) is 0 Å². The Morgan fingerprint density at radius 2 is 2.04 bits per heavy atom. The van der Waals surface area contributed by atoms with Crippen LogP contribution in [0.1, 0.15) is 44.9 Å². The summed E-state index contributed by atoms with van der Waals surface area (Å²) in [5.41, 5.74) is 0.615. The van der Waals surface area contributed by atoms with E-state index in [4.69, 9.17) is 4.52 Å². The van der Waals surface area contributed by atoms with Crippen LogP contribution in [0.2, 0.25) is 0 Å². The maximum atomic E-state index is 13.1. The normalized spacial score (nSPS) is 17.3. The molecule has 1 saturated carbocycles. The molecule has 0 bridgehead atoms. The predicted molar refractivity (Wildman–Crippen MR) is 104 cm³/mol. The number of hydrogen-bond acceptors (Lipinski definition) is 6. The molecular weight excluding hydrogens is 364 g/mol. The summed E-state index contributed by atoms with van der Waals surface area (Å²) in [7, 11) is 0.00848. The molecule has 7 nitrogen and oxygen atoms in total. The fourth-order valence-electron chi connectivity index (χ4n) is 3.43. The first-order chi connectivity index (χ1) is 12.9. The number of nitrogens with one attached hydrogen (secondary N) is 1. The van der Waals surface area contributed by atoms with Crippen LogP contribution in [0, 0.1) is 0 Å². The molecule has 1 N–H and O–H groups in total. The van der Waals surface area contributed by atoms with Gasteiger partial charge in [0.25, 0.3) is 5.89 Å². The van der Waals surface area contributed by atoms with Crippen molar-refractivity contribution in [3.63, 3.8) is 0 Å². The minimum atomic E-state index is -3.55. The van der Waals surface area contributed by atoms with Gasteiger partial charge in [0.15, 0.2) is 5.82 Å². The molecule has 1 aromatic heterocycles. The van der Waals surface area contributed by atoms with E-state index in [2.05, 4.69) is 15.5 Å². The number of hydrogen-bond donors (Lipinski definition) is 1. The lowest BCUT2D eigenvalue weighted by Gasteiger charge is -2.30. The van der Waals surface area contributed by atoms with Gasteiger partial charge in [0, 0.05) is 31.1 Å². The lowest BCUT2D eigenvalue weighted by atomic mass is 9.96. The minimum Gasteiger partial charge on any atom is -0.334 e. The molecule has 1 aliphatic rings. The van der Waals surface area contributed by atoms with Crippen LogP contribution in [0.25, 0.3) is 11.5 Å². The molecule has 0 amide bonds. The lowest BCUT2D eigenvalue weighted by Crippen LogP contribution is -2.38. The molecule has 148 valence electrons. The van der Waals surface area contributed by atoms with Gasteiger partial charge in [0.2, 0.25) is 10.0 Å². The topological polar surface area (TPSA) is 88.3 Å². The molecule has 3 rings (SSSR count). The van der Waals surface area contributed by atoms with Gasteiger partial charge >= 0.3 is 0 Å². The summed E-state index contributed by atoms with van der Waals surface area (Å²) in [4.78, 5) is 4.66. The fraction of sp³-hybridized carbons (Fsp3) is 0.579. The third kappa shape index (κ3) is 4.56. The average Bonchev–Trinajstić information content (AvgIpc) is 3.16. The Kier molecular flexibility index (Phi) is 6.29. The zero-order valence-electron chi connectivity index (χ0n) is 16.2. The molecule has 1 fully saturated rings. The Hall–Kier alpha value is -1.77. The number of nitrogens with zero attached hydrogens (tertiary/aromatic N) is 3. The summed E-state index contributed by atoms with van der Waals surface area (Å²) in [6.45, 7) is 2.03. The maximum Gasteiger partial charge on any atom is 0.257 e. The van der Waals surface area contributed by atoms with Gasteiger partial charge in [-0.3, -0.25) is 0 Å². The first-order valence-corrected chi connectivity index (χ1v) is 10.9. The monoisotopic (exact) mass is 392 g/mol. The molecule has 1 unspecified atom stereocenters. The van der Waals surface area contributed by atoms with Crippen LogP contribution in [0.15, 0.2) is 33.7 Å². The van der Waals surface area contributed by atoms with Gasteiger partial charge in [-0.15, -0.1) is 0 Å². The van der Waals surface area contributed by atoms with Crippen LogP contribution in [-0.2, 0) is 16.4 Å². The van der Waals surface area contributed by atoms with Gasteiger partial charge in [-0.25, -0.2) is 8.42 Å². The SMILES string of the molecule is CNC(C)Cc1noc(-c2cccc(S(=O)(=O)N(C)C3CCCCC3)c2)n1.